The second kappa shape index (κ2) is 8.30. The Balaban J connectivity index is 1.66. The van der Waals surface area contributed by atoms with E-state index in [0.29, 0.717) is 22.3 Å². The van der Waals surface area contributed by atoms with Crippen molar-refractivity contribution in [1.29, 1.82) is 0 Å². The van der Waals surface area contributed by atoms with E-state index in [0.717, 1.165) is 10.8 Å². The highest BCUT2D eigenvalue weighted by Gasteiger charge is 2.31. The van der Waals surface area contributed by atoms with E-state index in [-0.39, 0.29) is 12.2 Å². The van der Waals surface area contributed by atoms with E-state index < -0.39 is 23.0 Å². The SMILES string of the molecule is CCOC(=O)C(C)(C)Oc1ccc(C(=O)c2cc3c(ccc4ccccc43)oc2=O)cc1. The summed E-state index contributed by atoms with van der Waals surface area (Å²) in [5.74, 6) is -0.540. The van der Waals surface area contributed by atoms with Crippen LogP contribution >= 0.6 is 0 Å². The molecule has 0 bridgehead atoms. The molecule has 0 atom stereocenters. The van der Waals surface area contributed by atoms with E-state index in [4.69, 9.17) is 13.9 Å². The quantitative estimate of drug-likeness (QED) is 0.187. The average Bonchev–Trinajstić information content (AvgIpc) is 2.78. The van der Waals surface area contributed by atoms with Crippen LogP contribution in [0.1, 0.15) is 36.7 Å². The normalized spacial score (nSPS) is 11.5. The molecule has 0 saturated heterocycles. The van der Waals surface area contributed by atoms with E-state index in [1.807, 2.05) is 30.3 Å². The summed E-state index contributed by atoms with van der Waals surface area (Å²) < 4.78 is 16.2. The maximum absolute atomic E-state index is 13.1. The Morgan fingerprint density at radius 1 is 0.938 bits per heavy atom. The zero-order valence-electron chi connectivity index (χ0n) is 18.0. The second-order valence-electron chi connectivity index (χ2n) is 7.83. The molecule has 0 amide bonds. The predicted octanol–water partition coefficient (Wildman–Crippen LogP) is 4.90. The van der Waals surface area contributed by atoms with Crippen LogP contribution in [0.25, 0.3) is 21.7 Å². The fourth-order valence-corrected chi connectivity index (χ4v) is 3.50. The number of carbonyl (C=O) groups is 2. The van der Waals surface area contributed by atoms with Gasteiger partial charge in [0.2, 0.25) is 0 Å². The van der Waals surface area contributed by atoms with Gasteiger partial charge in [-0.15, -0.1) is 0 Å². The van der Waals surface area contributed by atoms with Gasteiger partial charge < -0.3 is 13.9 Å². The first-order chi connectivity index (χ1) is 15.3. The van der Waals surface area contributed by atoms with Gasteiger partial charge >= 0.3 is 11.6 Å². The lowest BCUT2D eigenvalue weighted by Gasteiger charge is -2.24. The summed E-state index contributed by atoms with van der Waals surface area (Å²) in [5, 5.41) is 2.58. The Bertz CT molecular complexity index is 1380. The number of hydrogen-bond donors (Lipinski definition) is 0. The third-order valence-corrected chi connectivity index (χ3v) is 5.14. The number of rotatable bonds is 6. The summed E-state index contributed by atoms with van der Waals surface area (Å²) >= 11 is 0. The summed E-state index contributed by atoms with van der Waals surface area (Å²) in [6.45, 7) is 5.19. The van der Waals surface area contributed by atoms with Crippen LogP contribution in [-0.4, -0.2) is 24.0 Å². The van der Waals surface area contributed by atoms with Crippen molar-refractivity contribution in [2.24, 2.45) is 0 Å². The van der Waals surface area contributed by atoms with Crippen molar-refractivity contribution in [3.05, 3.63) is 88.3 Å². The van der Waals surface area contributed by atoms with E-state index in [1.54, 1.807) is 57.2 Å². The molecular weight excluding hydrogens is 408 g/mol. The molecule has 0 aliphatic carbocycles. The van der Waals surface area contributed by atoms with Crippen LogP contribution in [0.2, 0.25) is 0 Å². The lowest BCUT2D eigenvalue weighted by atomic mass is 10.0. The first-order valence-electron chi connectivity index (χ1n) is 10.3. The van der Waals surface area contributed by atoms with Gasteiger partial charge in [-0.2, -0.15) is 0 Å². The Labute approximate surface area is 184 Å². The fraction of sp³-hybridized carbons (Fsp3) is 0.192. The third kappa shape index (κ3) is 3.99. The largest absolute Gasteiger partial charge is 0.476 e. The van der Waals surface area contributed by atoms with Crippen LogP contribution in [0, 0.1) is 0 Å². The summed E-state index contributed by atoms with van der Waals surface area (Å²) in [5.41, 5.74) is -1.19. The molecule has 0 aliphatic heterocycles. The lowest BCUT2D eigenvalue weighted by molar-refractivity contribution is -0.158. The highest BCUT2D eigenvalue weighted by Crippen LogP contribution is 2.26. The standard InChI is InChI=1S/C26H22O6/c1-4-30-25(29)26(2,3)32-18-12-9-17(10-13-18)23(27)21-15-20-19-8-6-5-7-16(19)11-14-22(20)31-24(21)28/h5-15H,4H2,1-3H3. The van der Waals surface area contributed by atoms with Gasteiger partial charge in [0.05, 0.1) is 6.61 Å². The monoisotopic (exact) mass is 430 g/mol. The number of ether oxygens (including phenoxy) is 2. The van der Waals surface area contributed by atoms with E-state index in [2.05, 4.69) is 0 Å². The minimum absolute atomic E-state index is 0.0469. The summed E-state index contributed by atoms with van der Waals surface area (Å²) in [6.07, 6.45) is 0. The smallest absolute Gasteiger partial charge is 0.349 e. The number of carbonyl (C=O) groups excluding carboxylic acids is 2. The highest BCUT2D eigenvalue weighted by atomic mass is 16.6. The van der Waals surface area contributed by atoms with Crippen LogP contribution in [0.3, 0.4) is 0 Å². The Hall–Kier alpha value is -3.93. The van der Waals surface area contributed by atoms with Gasteiger partial charge in [-0.3, -0.25) is 4.79 Å². The number of fused-ring (bicyclic) bond motifs is 3. The van der Waals surface area contributed by atoms with Crippen molar-refractivity contribution < 1.29 is 23.5 Å². The van der Waals surface area contributed by atoms with Crippen molar-refractivity contribution in [3.8, 4) is 5.75 Å². The number of esters is 1. The van der Waals surface area contributed by atoms with Crippen LogP contribution in [0.5, 0.6) is 5.75 Å². The molecule has 162 valence electrons. The molecule has 6 heteroatoms. The van der Waals surface area contributed by atoms with Crippen LogP contribution < -0.4 is 10.4 Å². The molecule has 0 unspecified atom stereocenters. The maximum atomic E-state index is 13.1. The molecule has 32 heavy (non-hydrogen) atoms. The van der Waals surface area contributed by atoms with E-state index in [9.17, 15) is 14.4 Å². The van der Waals surface area contributed by atoms with Gasteiger partial charge in [-0.25, -0.2) is 9.59 Å². The summed E-state index contributed by atoms with van der Waals surface area (Å²) in [4.78, 5) is 37.6. The number of benzene rings is 3. The van der Waals surface area contributed by atoms with Gasteiger partial charge in [0.1, 0.15) is 16.9 Å². The zero-order valence-corrected chi connectivity index (χ0v) is 18.0. The van der Waals surface area contributed by atoms with Crippen molar-refractivity contribution in [2.75, 3.05) is 6.61 Å². The second-order valence-corrected chi connectivity index (χ2v) is 7.83. The molecule has 1 aromatic heterocycles. The zero-order chi connectivity index (χ0) is 22.9. The first-order valence-corrected chi connectivity index (χ1v) is 10.3. The maximum Gasteiger partial charge on any atom is 0.349 e. The van der Waals surface area contributed by atoms with E-state index in [1.165, 1.54) is 0 Å². The minimum atomic E-state index is -1.18. The summed E-state index contributed by atoms with van der Waals surface area (Å²) in [7, 11) is 0. The molecule has 0 fully saturated rings. The number of ketones is 1. The van der Waals surface area contributed by atoms with Gasteiger partial charge in [0, 0.05) is 10.9 Å². The Morgan fingerprint density at radius 2 is 1.66 bits per heavy atom. The van der Waals surface area contributed by atoms with Crippen molar-refractivity contribution >= 4 is 33.5 Å². The van der Waals surface area contributed by atoms with Gasteiger partial charge in [0.25, 0.3) is 0 Å². The molecule has 6 nitrogen and oxygen atoms in total. The molecule has 0 radical (unpaired) electrons. The first kappa shape index (κ1) is 21.3. The molecule has 1 heterocycles. The van der Waals surface area contributed by atoms with E-state index >= 15 is 0 Å². The average molecular weight is 430 g/mol. The van der Waals surface area contributed by atoms with Crippen LogP contribution in [0.15, 0.2) is 75.9 Å². The molecule has 0 saturated carbocycles. The van der Waals surface area contributed by atoms with Gasteiger partial charge in [-0.05, 0) is 67.9 Å². The Kier molecular flexibility index (Phi) is 5.53. The van der Waals surface area contributed by atoms with Crippen molar-refractivity contribution in [1.82, 2.24) is 0 Å². The highest BCUT2D eigenvalue weighted by molar-refractivity contribution is 6.12. The van der Waals surface area contributed by atoms with Crippen LogP contribution in [0.4, 0.5) is 0 Å². The number of hydrogen-bond acceptors (Lipinski definition) is 6. The summed E-state index contributed by atoms with van der Waals surface area (Å²) in [6, 6.07) is 19.1. The molecule has 0 N–H and O–H groups in total. The lowest BCUT2D eigenvalue weighted by Crippen LogP contribution is -2.39. The molecule has 3 aromatic carbocycles. The molecule has 0 spiro atoms. The van der Waals surface area contributed by atoms with Crippen LogP contribution in [-0.2, 0) is 9.53 Å². The topological polar surface area (TPSA) is 82.8 Å². The van der Waals surface area contributed by atoms with Crippen molar-refractivity contribution in [2.45, 2.75) is 26.4 Å². The van der Waals surface area contributed by atoms with Crippen molar-refractivity contribution in [3.63, 3.8) is 0 Å². The molecular formula is C26H22O6. The van der Waals surface area contributed by atoms with Gasteiger partial charge in [0.15, 0.2) is 11.4 Å². The minimum Gasteiger partial charge on any atom is -0.476 e. The van der Waals surface area contributed by atoms with Gasteiger partial charge in [-0.1, -0.05) is 30.3 Å². The molecule has 4 aromatic rings. The molecule has 4 rings (SSSR count). The molecule has 0 aliphatic rings. The Morgan fingerprint density at radius 3 is 2.38 bits per heavy atom. The third-order valence-electron chi connectivity index (χ3n) is 5.14. The predicted molar refractivity (Wildman–Crippen MR) is 121 cm³/mol. The fourth-order valence-electron chi connectivity index (χ4n) is 3.50.